The van der Waals surface area contributed by atoms with Crippen LogP contribution in [0.2, 0.25) is 0 Å². The molecule has 0 aliphatic carbocycles. The zero-order valence-electron chi connectivity index (χ0n) is 9.04. The molecule has 0 radical (unpaired) electrons. The number of benzene rings is 1. The Labute approximate surface area is 109 Å². The van der Waals surface area contributed by atoms with Gasteiger partial charge in [0.2, 0.25) is 5.91 Å². The second kappa shape index (κ2) is 4.76. The van der Waals surface area contributed by atoms with E-state index in [1.807, 2.05) is 12.1 Å². The molecule has 1 aliphatic rings. The summed E-state index contributed by atoms with van der Waals surface area (Å²) in [5, 5.41) is -0.0548. The van der Waals surface area contributed by atoms with Gasteiger partial charge in [-0.3, -0.25) is 4.79 Å². The maximum atomic E-state index is 11.8. The van der Waals surface area contributed by atoms with Gasteiger partial charge in [-0.15, -0.1) is 11.6 Å². The highest BCUT2D eigenvalue weighted by molar-refractivity contribution is 9.10. The number of nitrogens with zero attached hydrogens (tertiary/aromatic N) is 1. The van der Waals surface area contributed by atoms with Crippen molar-refractivity contribution in [2.45, 2.75) is 25.1 Å². The van der Waals surface area contributed by atoms with Gasteiger partial charge in [0.05, 0.1) is 5.38 Å². The molecule has 1 amide bonds. The molecule has 1 atom stereocenters. The third-order valence-electron chi connectivity index (χ3n) is 2.79. The average molecular weight is 303 g/mol. The van der Waals surface area contributed by atoms with Crippen LogP contribution >= 0.6 is 27.5 Å². The van der Waals surface area contributed by atoms with E-state index in [4.69, 9.17) is 11.6 Å². The Morgan fingerprint density at radius 3 is 2.88 bits per heavy atom. The predicted octanol–water partition coefficient (Wildman–Crippen LogP) is 3.36. The van der Waals surface area contributed by atoms with E-state index in [1.165, 1.54) is 5.56 Å². The zero-order chi connectivity index (χ0) is 11.7. The molecule has 2 rings (SSSR count). The van der Waals surface area contributed by atoms with Crippen LogP contribution in [0.4, 0.5) is 5.69 Å². The van der Waals surface area contributed by atoms with Crippen molar-refractivity contribution < 1.29 is 4.79 Å². The first kappa shape index (κ1) is 11.9. The minimum absolute atomic E-state index is 0.0548. The van der Waals surface area contributed by atoms with E-state index in [1.54, 1.807) is 4.90 Å². The normalized spacial score (nSPS) is 20.6. The standard InChI is InChI=1S/C12H13BrClNO/c1-2-8-5-9(13)3-4-11(8)15-7-10(14)6-12(15)16/h3-5,10H,2,6-7H2,1H3. The Morgan fingerprint density at radius 2 is 2.31 bits per heavy atom. The van der Waals surface area contributed by atoms with E-state index in [9.17, 15) is 4.79 Å². The van der Waals surface area contributed by atoms with Gasteiger partial charge in [0, 0.05) is 23.1 Å². The zero-order valence-corrected chi connectivity index (χ0v) is 11.4. The van der Waals surface area contributed by atoms with Crippen molar-refractivity contribution in [3.05, 3.63) is 28.2 Å². The van der Waals surface area contributed by atoms with Crippen LogP contribution in [0.15, 0.2) is 22.7 Å². The van der Waals surface area contributed by atoms with Crippen LogP contribution < -0.4 is 4.90 Å². The number of hydrogen-bond donors (Lipinski definition) is 0. The number of rotatable bonds is 2. The summed E-state index contributed by atoms with van der Waals surface area (Å²) in [7, 11) is 0. The number of carbonyl (C=O) groups is 1. The Bertz CT molecular complexity index is 421. The van der Waals surface area contributed by atoms with E-state index in [2.05, 4.69) is 28.9 Å². The van der Waals surface area contributed by atoms with Crippen LogP contribution in [0.5, 0.6) is 0 Å². The van der Waals surface area contributed by atoms with Crippen molar-refractivity contribution in [1.82, 2.24) is 0 Å². The quantitative estimate of drug-likeness (QED) is 0.767. The van der Waals surface area contributed by atoms with E-state index in [0.29, 0.717) is 13.0 Å². The largest absolute Gasteiger partial charge is 0.311 e. The van der Waals surface area contributed by atoms with Gasteiger partial charge in [-0.05, 0) is 30.2 Å². The smallest absolute Gasteiger partial charge is 0.228 e. The van der Waals surface area contributed by atoms with Crippen molar-refractivity contribution in [2.24, 2.45) is 0 Å². The van der Waals surface area contributed by atoms with Gasteiger partial charge in [0.25, 0.3) is 0 Å². The molecular formula is C12H13BrClNO. The second-order valence-corrected chi connectivity index (χ2v) is 5.47. The van der Waals surface area contributed by atoms with Crippen LogP contribution in [0, 0.1) is 0 Å². The number of amides is 1. The fourth-order valence-corrected chi connectivity index (χ4v) is 2.68. The fraction of sp³-hybridized carbons (Fsp3) is 0.417. The van der Waals surface area contributed by atoms with E-state index in [-0.39, 0.29) is 11.3 Å². The van der Waals surface area contributed by atoms with Crippen LogP contribution in [0.1, 0.15) is 18.9 Å². The number of alkyl halides is 1. The maximum Gasteiger partial charge on any atom is 0.228 e. The third kappa shape index (κ3) is 2.25. The molecule has 0 saturated carbocycles. The number of hydrogen-bond acceptors (Lipinski definition) is 1. The van der Waals surface area contributed by atoms with E-state index < -0.39 is 0 Å². The molecule has 4 heteroatoms. The molecule has 1 aromatic carbocycles. The molecule has 86 valence electrons. The van der Waals surface area contributed by atoms with Crippen LogP contribution in [-0.4, -0.2) is 17.8 Å². The topological polar surface area (TPSA) is 20.3 Å². The monoisotopic (exact) mass is 301 g/mol. The highest BCUT2D eigenvalue weighted by Gasteiger charge is 2.30. The lowest BCUT2D eigenvalue weighted by molar-refractivity contribution is -0.117. The van der Waals surface area contributed by atoms with E-state index >= 15 is 0 Å². The lowest BCUT2D eigenvalue weighted by Gasteiger charge is -2.19. The Balaban J connectivity index is 2.36. The van der Waals surface area contributed by atoms with Gasteiger partial charge >= 0.3 is 0 Å². The molecule has 0 aromatic heterocycles. The summed E-state index contributed by atoms with van der Waals surface area (Å²) in [5.41, 5.74) is 2.17. The molecule has 1 aliphatic heterocycles. The van der Waals surface area contributed by atoms with Crippen molar-refractivity contribution in [1.29, 1.82) is 0 Å². The summed E-state index contributed by atoms with van der Waals surface area (Å²) in [6, 6.07) is 6.00. The minimum atomic E-state index is -0.0548. The molecule has 0 N–H and O–H groups in total. The molecule has 2 nitrogen and oxygen atoms in total. The summed E-state index contributed by atoms with van der Waals surface area (Å²) < 4.78 is 1.04. The fourth-order valence-electron chi connectivity index (χ4n) is 2.00. The first-order chi connectivity index (χ1) is 7.61. The summed E-state index contributed by atoms with van der Waals surface area (Å²) in [5.74, 6) is 0.122. The number of aryl methyl sites for hydroxylation is 1. The Kier molecular flexibility index (Phi) is 3.55. The first-order valence-corrected chi connectivity index (χ1v) is 6.57. The first-order valence-electron chi connectivity index (χ1n) is 5.34. The van der Waals surface area contributed by atoms with E-state index in [0.717, 1.165) is 16.6 Å². The van der Waals surface area contributed by atoms with Gasteiger partial charge in [-0.1, -0.05) is 22.9 Å². The summed E-state index contributed by atoms with van der Waals surface area (Å²) in [6.07, 6.45) is 1.35. The number of halogens is 2. The Morgan fingerprint density at radius 1 is 1.56 bits per heavy atom. The maximum absolute atomic E-state index is 11.8. The van der Waals surface area contributed by atoms with Crippen molar-refractivity contribution in [3.63, 3.8) is 0 Å². The van der Waals surface area contributed by atoms with Gasteiger partial charge in [0.15, 0.2) is 0 Å². The molecule has 1 saturated heterocycles. The highest BCUT2D eigenvalue weighted by atomic mass is 79.9. The molecule has 1 heterocycles. The van der Waals surface area contributed by atoms with Crippen molar-refractivity contribution in [2.75, 3.05) is 11.4 Å². The number of carbonyl (C=O) groups excluding carboxylic acids is 1. The summed E-state index contributed by atoms with van der Waals surface area (Å²) in [6.45, 7) is 2.71. The molecule has 1 aromatic rings. The molecule has 0 bridgehead atoms. The summed E-state index contributed by atoms with van der Waals surface area (Å²) >= 11 is 9.45. The summed E-state index contributed by atoms with van der Waals surface area (Å²) in [4.78, 5) is 13.6. The predicted molar refractivity (Wildman–Crippen MR) is 70.1 cm³/mol. The minimum Gasteiger partial charge on any atom is -0.311 e. The SMILES string of the molecule is CCc1cc(Br)ccc1N1CC(Cl)CC1=O. The average Bonchev–Trinajstić information content (AvgIpc) is 2.57. The number of anilines is 1. The van der Waals surface area contributed by atoms with Crippen LogP contribution in [-0.2, 0) is 11.2 Å². The Hall–Kier alpha value is -0.540. The lowest BCUT2D eigenvalue weighted by Crippen LogP contribution is -2.25. The molecular weight excluding hydrogens is 289 g/mol. The van der Waals surface area contributed by atoms with Crippen molar-refractivity contribution >= 4 is 39.1 Å². The van der Waals surface area contributed by atoms with Crippen LogP contribution in [0.3, 0.4) is 0 Å². The van der Waals surface area contributed by atoms with Gasteiger partial charge < -0.3 is 4.90 Å². The highest BCUT2D eigenvalue weighted by Crippen LogP contribution is 2.29. The van der Waals surface area contributed by atoms with Crippen LogP contribution in [0.25, 0.3) is 0 Å². The lowest BCUT2D eigenvalue weighted by atomic mass is 10.1. The molecule has 0 spiro atoms. The molecule has 16 heavy (non-hydrogen) atoms. The van der Waals surface area contributed by atoms with Gasteiger partial charge in [-0.25, -0.2) is 0 Å². The third-order valence-corrected chi connectivity index (χ3v) is 3.58. The van der Waals surface area contributed by atoms with Gasteiger partial charge in [-0.2, -0.15) is 0 Å². The molecule has 1 unspecified atom stereocenters. The second-order valence-electron chi connectivity index (χ2n) is 3.93. The molecule has 1 fully saturated rings. The van der Waals surface area contributed by atoms with Crippen molar-refractivity contribution in [3.8, 4) is 0 Å². The van der Waals surface area contributed by atoms with Gasteiger partial charge in [0.1, 0.15) is 0 Å².